The van der Waals surface area contributed by atoms with Gasteiger partial charge in [-0.15, -0.1) is 0 Å². The van der Waals surface area contributed by atoms with Gasteiger partial charge in [-0.05, 0) is 12.8 Å². The minimum Gasteiger partial charge on any atom is -0.396 e. The van der Waals surface area contributed by atoms with Crippen LogP contribution in [0, 0.1) is 0 Å². The third kappa shape index (κ3) is 2.71. The fourth-order valence-corrected chi connectivity index (χ4v) is 1.68. The van der Waals surface area contributed by atoms with Crippen molar-refractivity contribution >= 4 is 0 Å². The Kier molecular flexibility index (Phi) is 4.53. The van der Waals surface area contributed by atoms with Gasteiger partial charge in [0, 0.05) is 38.4 Å². The molecule has 4 heteroatoms. The molecule has 1 aliphatic heterocycles. The summed E-state index contributed by atoms with van der Waals surface area (Å²) >= 11 is 0. The van der Waals surface area contributed by atoms with Gasteiger partial charge < -0.3 is 20.8 Å². The lowest BCUT2D eigenvalue weighted by atomic mass is 10.0. The van der Waals surface area contributed by atoms with Gasteiger partial charge in [0.15, 0.2) is 0 Å². The molecular weight excluding hydrogens is 156 g/mol. The van der Waals surface area contributed by atoms with E-state index >= 15 is 0 Å². The smallest absolute Gasteiger partial charge is 0.0446 e. The Morgan fingerprint density at radius 1 is 0.917 bits per heavy atom. The summed E-state index contributed by atoms with van der Waals surface area (Å²) < 4.78 is 0. The number of hydrogen-bond donors (Lipinski definition) is 4. The molecule has 0 aromatic rings. The SMILES string of the molecule is OCC[C@H]1NCCN[C@@H]1CCO. The molecule has 0 bridgehead atoms. The van der Waals surface area contributed by atoms with Crippen LogP contribution in [-0.2, 0) is 0 Å². The van der Waals surface area contributed by atoms with Crippen molar-refractivity contribution in [2.45, 2.75) is 24.9 Å². The van der Waals surface area contributed by atoms with Crippen LogP contribution in [0.25, 0.3) is 0 Å². The molecule has 1 saturated heterocycles. The van der Waals surface area contributed by atoms with Crippen molar-refractivity contribution in [3.8, 4) is 0 Å². The van der Waals surface area contributed by atoms with E-state index in [-0.39, 0.29) is 13.2 Å². The number of aliphatic hydroxyl groups excluding tert-OH is 2. The Bertz CT molecular complexity index is 104. The predicted molar refractivity (Wildman–Crippen MR) is 47.0 cm³/mol. The fourth-order valence-electron chi connectivity index (χ4n) is 1.68. The summed E-state index contributed by atoms with van der Waals surface area (Å²) in [7, 11) is 0. The van der Waals surface area contributed by atoms with Crippen molar-refractivity contribution in [1.29, 1.82) is 0 Å². The number of nitrogens with one attached hydrogen (secondary N) is 2. The third-order valence-electron chi connectivity index (χ3n) is 2.30. The Morgan fingerprint density at radius 2 is 1.33 bits per heavy atom. The summed E-state index contributed by atoms with van der Waals surface area (Å²) in [4.78, 5) is 0. The largest absolute Gasteiger partial charge is 0.396 e. The Morgan fingerprint density at radius 3 is 1.67 bits per heavy atom. The van der Waals surface area contributed by atoms with E-state index in [2.05, 4.69) is 10.6 Å². The molecule has 1 rings (SSSR count). The highest BCUT2D eigenvalue weighted by molar-refractivity contribution is 4.86. The van der Waals surface area contributed by atoms with Crippen LogP contribution in [-0.4, -0.2) is 48.6 Å². The minimum atomic E-state index is 0.210. The molecule has 0 aliphatic carbocycles. The van der Waals surface area contributed by atoms with Crippen LogP contribution in [0.4, 0.5) is 0 Å². The first-order valence-corrected chi connectivity index (χ1v) is 4.57. The summed E-state index contributed by atoms with van der Waals surface area (Å²) in [5.74, 6) is 0. The quantitative estimate of drug-likeness (QED) is 0.427. The van der Waals surface area contributed by atoms with Gasteiger partial charge in [-0.3, -0.25) is 0 Å². The van der Waals surface area contributed by atoms with Crippen molar-refractivity contribution < 1.29 is 10.2 Å². The van der Waals surface area contributed by atoms with E-state index < -0.39 is 0 Å². The molecule has 0 aromatic carbocycles. The van der Waals surface area contributed by atoms with Gasteiger partial charge in [0.2, 0.25) is 0 Å². The molecule has 1 fully saturated rings. The maximum atomic E-state index is 8.77. The first-order valence-electron chi connectivity index (χ1n) is 4.57. The van der Waals surface area contributed by atoms with Crippen LogP contribution < -0.4 is 10.6 Å². The molecule has 0 aromatic heterocycles. The highest BCUT2D eigenvalue weighted by Gasteiger charge is 2.22. The van der Waals surface area contributed by atoms with Crippen LogP contribution >= 0.6 is 0 Å². The van der Waals surface area contributed by atoms with Crippen LogP contribution in [0.3, 0.4) is 0 Å². The molecule has 12 heavy (non-hydrogen) atoms. The van der Waals surface area contributed by atoms with Crippen molar-refractivity contribution in [2.75, 3.05) is 26.3 Å². The molecular formula is C8H18N2O2. The summed E-state index contributed by atoms with van der Waals surface area (Å²) in [6.07, 6.45) is 1.52. The summed E-state index contributed by atoms with van der Waals surface area (Å²) in [5, 5.41) is 24.2. The molecule has 72 valence electrons. The lowest BCUT2D eigenvalue weighted by Gasteiger charge is -2.33. The Labute approximate surface area is 73.0 Å². The van der Waals surface area contributed by atoms with Crippen LogP contribution in [0.1, 0.15) is 12.8 Å². The van der Waals surface area contributed by atoms with Gasteiger partial charge >= 0.3 is 0 Å². The van der Waals surface area contributed by atoms with Crippen LogP contribution in [0.15, 0.2) is 0 Å². The molecule has 2 atom stereocenters. The van der Waals surface area contributed by atoms with E-state index in [0.29, 0.717) is 12.1 Å². The highest BCUT2D eigenvalue weighted by atomic mass is 16.3. The second-order valence-electron chi connectivity index (χ2n) is 3.15. The Hall–Kier alpha value is -0.160. The van der Waals surface area contributed by atoms with Crippen molar-refractivity contribution in [2.24, 2.45) is 0 Å². The lowest BCUT2D eigenvalue weighted by Crippen LogP contribution is -2.56. The van der Waals surface area contributed by atoms with E-state index in [0.717, 1.165) is 25.9 Å². The summed E-state index contributed by atoms with van der Waals surface area (Å²) in [6, 6.07) is 0.631. The normalized spacial score (nSPS) is 30.5. The van der Waals surface area contributed by atoms with E-state index in [1.165, 1.54) is 0 Å². The van der Waals surface area contributed by atoms with Crippen LogP contribution in [0.5, 0.6) is 0 Å². The first-order chi connectivity index (χ1) is 5.88. The van der Waals surface area contributed by atoms with Crippen molar-refractivity contribution in [3.63, 3.8) is 0 Å². The monoisotopic (exact) mass is 174 g/mol. The summed E-state index contributed by atoms with van der Waals surface area (Å²) in [6.45, 7) is 2.32. The van der Waals surface area contributed by atoms with Gasteiger partial charge in [0.1, 0.15) is 0 Å². The first kappa shape index (κ1) is 9.92. The standard InChI is InChI=1S/C8H18N2O2/c11-5-1-7-8(2-6-12)10-4-3-9-7/h7-12H,1-6H2/t7-,8-/m1/s1. The zero-order valence-corrected chi connectivity index (χ0v) is 7.29. The van der Waals surface area contributed by atoms with Crippen molar-refractivity contribution in [3.05, 3.63) is 0 Å². The highest BCUT2D eigenvalue weighted by Crippen LogP contribution is 2.05. The van der Waals surface area contributed by atoms with Gasteiger partial charge in [-0.25, -0.2) is 0 Å². The summed E-state index contributed by atoms with van der Waals surface area (Å²) in [5.41, 5.74) is 0. The molecule has 4 nitrogen and oxygen atoms in total. The Balaban J connectivity index is 2.31. The average molecular weight is 174 g/mol. The second-order valence-corrected chi connectivity index (χ2v) is 3.15. The van der Waals surface area contributed by atoms with Crippen LogP contribution in [0.2, 0.25) is 0 Å². The number of piperazine rings is 1. The topological polar surface area (TPSA) is 64.5 Å². The zero-order chi connectivity index (χ0) is 8.81. The van der Waals surface area contributed by atoms with E-state index in [1.54, 1.807) is 0 Å². The lowest BCUT2D eigenvalue weighted by molar-refractivity contribution is 0.196. The number of aliphatic hydroxyl groups is 2. The van der Waals surface area contributed by atoms with Crippen molar-refractivity contribution in [1.82, 2.24) is 10.6 Å². The zero-order valence-electron chi connectivity index (χ0n) is 7.29. The van der Waals surface area contributed by atoms with E-state index in [4.69, 9.17) is 10.2 Å². The molecule has 0 unspecified atom stereocenters. The number of hydrogen-bond acceptors (Lipinski definition) is 4. The van der Waals surface area contributed by atoms with E-state index in [1.807, 2.05) is 0 Å². The molecule has 0 radical (unpaired) electrons. The maximum absolute atomic E-state index is 8.77. The van der Waals surface area contributed by atoms with Gasteiger partial charge in [-0.2, -0.15) is 0 Å². The fraction of sp³-hybridized carbons (Fsp3) is 1.00. The molecule has 4 N–H and O–H groups in total. The van der Waals surface area contributed by atoms with Gasteiger partial charge in [-0.1, -0.05) is 0 Å². The maximum Gasteiger partial charge on any atom is 0.0446 e. The molecule has 0 amide bonds. The molecule has 0 saturated carbocycles. The molecule has 1 aliphatic rings. The molecule has 0 spiro atoms. The van der Waals surface area contributed by atoms with E-state index in [9.17, 15) is 0 Å². The second kappa shape index (κ2) is 5.48. The molecule has 1 heterocycles. The predicted octanol–water partition coefficient (Wildman–Crippen LogP) is -1.32. The minimum absolute atomic E-state index is 0.210. The van der Waals surface area contributed by atoms with Gasteiger partial charge in [0.05, 0.1) is 0 Å². The average Bonchev–Trinajstić information content (AvgIpc) is 2.09. The number of rotatable bonds is 4. The van der Waals surface area contributed by atoms with Gasteiger partial charge in [0.25, 0.3) is 0 Å². The third-order valence-corrected chi connectivity index (χ3v) is 2.30.